The highest BCUT2D eigenvalue weighted by Gasteiger charge is 2.28. The van der Waals surface area contributed by atoms with E-state index in [9.17, 15) is 9.59 Å². The van der Waals surface area contributed by atoms with Crippen LogP contribution in [-0.4, -0.2) is 55.1 Å². The Balaban J connectivity index is 4.51. The molecule has 0 aliphatic rings. The summed E-state index contributed by atoms with van der Waals surface area (Å²) >= 11 is 0. The van der Waals surface area contributed by atoms with E-state index < -0.39 is 14.6 Å². The van der Waals surface area contributed by atoms with Gasteiger partial charge in [-0.2, -0.15) is 0 Å². The van der Waals surface area contributed by atoms with Crippen LogP contribution in [0.5, 0.6) is 0 Å². The second kappa shape index (κ2) is 39.4. The molecule has 54 heavy (non-hydrogen) atoms. The monoisotopic (exact) mass is 778 g/mol. The van der Waals surface area contributed by atoms with Crippen molar-refractivity contribution in [2.75, 3.05) is 20.3 Å². The van der Waals surface area contributed by atoms with Gasteiger partial charge in [-0.05, 0) is 105 Å². The van der Waals surface area contributed by atoms with Crippen LogP contribution in [0.25, 0.3) is 0 Å². The number of allylic oxidation sites excluding steroid dienone is 8. The molecule has 0 bridgehead atoms. The highest BCUT2D eigenvalue weighted by Crippen LogP contribution is 2.45. The largest absolute Gasteiger partial charge is 0.462 e. The number of esters is 2. The van der Waals surface area contributed by atoms with Gasteiger partial charge in [-0.1, -0.05) is 127 Å². The lowest BCUT2D eigenvalue weighted by Gasteiger charge is -2.35. The quantitative estimate of drug-likeness (QED) is 0.0267. The third-order valence-corrected chi connectivity index (χ3v) is 11.1. The van der Waals surface area contributed by atoms with Crippen molar-refractivity contribution in [3.05, 3.63) is 48.6 Å². The van der Waals surface area contributed by atoms with Crippen molar-refractivity contribution in [2.45, 2.75) is 214 Å². The zero-order valence-electron chi connectivity index (χ0n) is 36.1. The van der Waals surface area contributed by atoms with Gasteiger partial charge in [-0.25, -0.2) is 4.67 Å². The predicted molar refractivity (Wildman–Crippen MR) is 232 cm³/mol. The Morgan fingerprint density at radius 2 is 0.944 bits per heavy atom. The fourth-order valence-electron chi connectivity index (χ4n) is 6.11. The third-order valence-electron chi connectivity index (χ3n) is 9.17. The van der Waals surface area contributed by atoms with Gasteiger partial charge in [0, 0.05) is 32.0 Å². The molecule has 0 rings (SSSR count). The van der Waals surface area contributed by atoms with Crippen LogP contribution in [-0.2, 0) is 28.1 Å². The van der Waals surface area contributed by atoms with E-state index in [-0.39, 0.29) is 37.2 Å². The molecule has 0 amide bonds. The van der Waals surface area contributed by atoms with Gasteiger partial charge < -0.3 is 18.5 Å². The van der Waals surface area contributed by atoms with Gasteiger partial charge in [0.2, 0.25) is 0 Å². The maximum Gasteiger partial charge on any atom is 0.306 e. The van der Waals surface area contributed by atoms with E-state index in [0.717, 1.165) is 70.6 Å². The molecule has 0 heterocycles. The number of rotatable bonds is 38. The Morgan fingerprint density at radius 1 is 0.537 bits per heavy atom. The molecule has 0 saturated heterocycles. The summed E-state index contributed by atoms with van der Waals surface area (Å²) in [6, 6.07) is 0.439. The van der Waals surface area contributed by atoms with Crippen molar-refractivity contribution in [3.8, 4) is 0 Å². The van der Waals surface area contributed by atoms with E-state index >= 15 is 0 Å². The normalized spacial score (nSPS) is 13.5. The number of carbonyl (C=O) groups excluding carboxylic acids is 2. The Kier molecular flexibility index (Phi) is 38.1. The standard InChI is InChI=1S/C46H84NO6P/c1-8-10-12-14-16-18-20-22-24-26-28-30-32-34-36-38-45(48)51-40-44(41-52-54(50-7)47(42(3)4)43(5)6)53-46(49)39-37-35-33-31-29-27-25-23-21-19-17-15-13-11-9-2/h16-19,22-25,42-44H,8-15,20-21,26-41H2,1-7H3/b18-16-,19-17-,24-22-,25-23-/t44-,54?/m1/s1. The fourth-order valence-corrected chi connectivity index (χ4v) is 7.59. The summed E-state index contributed by atoms with van der Waals surface area (Å²) in [6.07, 6.45) is 43.2. The summed E-state index contributed by atoms with van der Waals surface area (Å²) in [7, 11) is 0.286. The molecule has 0 aromatic rings. The minimum atomic E-state index is -1.35. The number of carbonyl (C=O) groups is 2. The number of hydrogen-bond acceptors (Lipinski definition) is 7. The minimum Gasteiger partial charge on any atom is -0.462 e. The highest BCUT2D eigenvalue weighted by atomic mass is 31.2. The van der Waals surface area contributed by atoms with Crippen LogP contribution in [0.3, 0.4) is 0 Å². The van der Waals surface area contributed by atoms with Crippen molar-refractivity contribution >= 4 is 20.5 Å². The summed E-state index contributed by atoms with van der Waals surface area (Å²) in [5, 5.41) is 0. The van der Waals surface area contributed by atoms with E-state index in [1.54, 1.807) is 7.11 Å². The van der Waals surface area contributed by atoms with Gasteiger partial charge in [0.15, 0.2) is 6.10 Å². The first kappa shape index (κ1) is 52.2. The average molecular weight is 778 g/mol. The zero-order chi connectivity index (χ0) is 39.9. The Labute approximate surface area is 335 Å². The van der Waals surface area contributed by atoms with Crippen molar-refractivity contribution in [2.24, 2.45) is 0 Å². The van der Waals surface area contributed by atoms with Gasteiger partial charge in [0.05, 0.1) is 6.61 Å². The summed E-state index contributed by atoms with van der Waals surface area (Å²) < 4.78 is 25.5. The molecular formula is C46H84NO6P. The molecule has 0 spiro atoms. The van der Waals surface area contributed by atoms with E-state index in [0.29, 0.717) is 12.8 Å². The second-order valence-electron chi connectivity index (χ2n) is 15.0. The molecule has 7 nitrogen and oxygen atoms in total. The zero-order valence-corrected chi connectivity index (χ0v) is 37.0. The third kappa shape index (κ3) is 33.5. The van der Waals surface area contributed by atoms with Crippen molar-refractivity contribution in [3.63, 3.8) is 0 Å². The molecule has 314 valence electrons. The molecule has 0 aromatic carbocycles. The molecular weight excluding hydrogens is 693 g/mol. The minimum absolute atomic E-state index is 0.0107. The number of unbranched alkanes of at least 4 members (excludes halogenated alkanes) is 16. The fraction of sp³-hybridized carbons (Fsp3) is 0.783. The van der Waals surface area contributed by atoms with Crippen LogP contribution < -0.4 is 0 Å². The maximum absolute atomic E-state index is 12.8. The summed E-state index contributed by atoms with van der Waals surface area (Å²) in [5.41, 5.74) is 0. The predicted octanol–water partition coefficient (Wildman–Crippen LogP) is 14.1. The molecule has 2 atom stereocenters. The lowest BCUT2D eigenvalue weighted by Crippen LogP contribution is -2.35. The Bertz CT molecular complexity index is 970. The molecule has 0 aliphatic heterocycles. The van der Waals surface area contributed by atoms with Crippen LogP contribution in [0, 0.1) is 0 Å². The average Bonchev–Trinajstić information content (AvgIpc) is 3.14. The van der Waals surface area contributed by atoms with Gasteiger partial charge >= 0.3 is 11.9 Å². The molecule has 8 heteroatoms. The lowest BCUT2D eigenvalue weighted by molar-refractivity contribution is -0.161. The first-order valence-corrected chi connectivity index (χ1v) is 23.1. The molecule has 0 fully saturated rings. The molecule has 0 radical (unpaired) electrons. The van der Waals surface area contributed by atoms with Crippen LogP contribution in [0.4, 0.5) is 0 Å². The van der Waals surface area contributed by atoms with Gasteiger partial charge in [-0.15, -0.1) is 0 Å². The summed E-state index contributed by atoms with van der Waals surface area (Å²) in [5.74, 6) is -0.527. The highest BCUT2D eigenvalue weighted by molar-refractivity contribution is 7.44. The smallest absolute Gasteiger partial charge is 0.306 e. The van der Waals surface area contributed by atoms with Crippen molar-refractivity contribution < 1.29 is 28.1 Å². The Morgan fingerprint density at radius 3 is 1.37 bits per heavy atom. The number of hydrogen-bond donors (Lipinski definition) is 0. The molecule has 1 unspecified atom stereocenters. The van der Waals surface area contributed by atoms with Crippen LogP contribution in [0.1, 0.15) is 196 Å². The van der Waals surface area contributed by atoms with E-state index in [1.165, 1.54) is 70.6 Å². The SMILES string of the molecule is CCCCC/C=C\C/C=C\CCCCCCCC(=O)OC[C@H](COP(OC)N(C(C)C)C(C)C)OC(=O)CCCCCCC/C=C\C/C=C\CCCCC. The number of ether oxygens (including phenoxy) is 2. The number of nitrogens with zero attached hydrogens (tertiary/aromatic N) is 1. The van der Waals surface area contributed by atoms with E-state index in [1.807, 2.05) is 0 Å². The Hall–Kier alpha value is -1.79. The second-order valence-corrected chi connectivity index (χ2v) is 16.6. The van der Waals surface area contributed by atoms with Crippen LogP contribution in [0.15, 0.2) is 48.6 Å². The van der Waals surface area contributed by atoms with Gasteiger partial charge in [0.25, 0.3) is 8.53 Å². The van der Waals surface area contributed by atoms with E-state index in [2.05, 4.69) is 94.8 Å². The van der Waals surface area contributed by atoms with Crippen molar-refractivity contribution in [1.29, 1.82) is 0 Å². The van der Waals surface area contributed by atoms with Crippen molar-refractivity contribution in [1.82, 2.24) is 4.67 Å². The molecule has 0 saturated carbocycles. The maximum atomic E-state index is 12.8. The first-order valence-electron chi connectivity index (χ1n) is 22.0. The molecule has 0 N–H and O–H groups in total. The topological polar surface area (TPSA) is 74.3 Å². The van der Waals surface area contributed by atoms with Crippen LogP contribution in [0.2, 0.25) is 0 Å². The van der Waals surface area contributed by atoms with Gasteiger partial charge in [-0.3, -0.25) is 9.59 Å². The summed E-state index contributed by atoms with van der Waals surface area (Å²) in [6.45, 7) is 13.0. The lowest BCUT2D eigenvalue weighted by atomic mass is 10.1. The molecule has 0 aliphatic carbocycles. The van der Waals surface area contributed by atoms with Gasteiger partial charge in [0.1, 0.15) is 6.61 Å². The summed E-state index contributed by atoms with van der Waals surface area (Å²) in [4.78, 5) is 25.5. The molecule has 0 aromatic heterocycles. The van der Waals surface area contributed by atoms with Crippen LogP contribution >= 0.6 is 8.53 Å². The first-order chi connectivity index (χ1) is 26.3. The van der Waals surface area contributed by atoms with E-state index in [4.69, 9.17) is 18.5 Å².